The molecular weight excluding hydrogens is 795 g/mol. The molecule has 62 heavy (non-hydrogen) atoms. The summed E-state index contributed by atoms with van der Waals surface area (Å²) in [6.45, 7) is 9.04. The largest absolute Gasteiger partial charge is 0.482 e. The van der Waals surface area contributed by atoms with Crippen LogP contribution in [-0.2, 0) is 23.8 Å². The van der Waals surface area contributed by atoms with E-state index in [0.29, 0.717) is 37.1 Å². The Morgan fingerprint density at radius 2 is 1.29 bits per heavy atom. The third-order valence-electron chi connectivity index (χ3n) is 12.3. The van der Waals surface area contributed by atoms with Crippen molar-refractivity contribution in [1.82, 2.24) is 45.4 Å². The Morgan fingerprint density at radius 1 is 0.758 bits per heavy atom. The molecule has 17 heteroatoms. The van der Waals surface area contributed by atoms with Crippen molar-refractivity contribution in [3.05, 3.63) is 66.0 Å². The number of aromatic amines is 3. The maximum atomic E-state index is 13.7. The van der Waals surface area contributed by atoms with E-state index in [0.717, 1.165) is 75.9 Å². The van der Waals surface area contributed by atoms with Crippen LogP contribution in [-0.4, -0.2) is 112 Å². The third kappa shape index (κ3) is 7.96. The number of rotatable bonds is 12. The lowest BCUT2D eigenvalue weighted by Crippen LogP contribution is -2.51. The number of methoxy groups -OCH3 is 3. The van der Waals surface area contributed by atoms with Gasteiger partial charge in [0.1, 0.15) is 35.6 Å². The van der Waals surface area contributed by atoms with E-state index in [-0.39, 0.29) is 35.7 Å². The Kier molecular flexibility index (Phi) is 12.0. The topological polar surface area (TPSA) is 209 Å². The molecule has 2 fully saturated rings. The monoisotopic (exact) mass is 849 g/mol. The summed E-state index contributed by atoms with van der Waals surface area (Å²) in [5.74, 6) is 1.49. The van der Waals surface area contributed by atoms with Gasteiger partial charge < -0.3 is 54.3 Å². The summed E-state index contributed by atoms with van der Waals surface area (Å²) in [5.41, 5.74) is 7.20. The maximum Gasteiger partial charge on any atom is 0.407 e. The van der Waals surface area contributed by atoms with Crippen LogP contribution in [0.2, 0.25) is 0 Å². The van der Waals surface area contributed by atoms with Gasteiger partial charge >= 0.3 is 12.2 Å². The number of nitrogens with zero attached hydrogens (tertiary/aromatic N) is 4. The summed E-state index contributed by atoms with van der Waals surface area (Å²) in [7, 11) is 4.23. The lowest BCUT2D eigenvalue weighted by atomic mass is 9.95. The molecule has 0 spiro atoms. The quantitative estimate of drug-likeness (QED) is 0.0889. The Morgan fingerprint density at radius 3 is 1.81 bits per heavy atom. The van der Waals surface area contributed by atoms with Gasteiger partial charge in [0.05, 0.1) is 62.4 Å². The Bertz CT molecular complexity index is 2470. The zero-order valence-electron chi connectivity index (χ0n) is 36.2. The number of imidazole rings is 2. The fourth-order valence-corrected chi connectivity index (χ4v) is 9.09. The second kappa shape index (κ2) is 17.6. The first kappa shape index (κ1) is 42.3. The highest BCUT2D eigenvalue weighted by atomic mass is 16.5. The van der Waals surface area contributed by atoms with Gasteiger partial charge in [-0.3, -0.25) is 9.59 Å². The van der Waals surface area contributed by atoms with Gasteiger partial charge in [0.15, 0.2) is 0 Å². The van der Waals surface area contributed by atoms with Gasteiger partial charge in [0.25, 0.3) is 0 Å². The van der Waals surface area contributed by atoms with Crippen molar-refractivity contribution in [3.8, 4) is 39.5 Å². The molecule has 4 amide bonds. The summed E-state index contributed by atoms with van der Waals surface area (Å²) < 4.78 is 22.0. The molecule has 1 unspecified atom stereocenters. The fourth-order valence-electron chi connectivity index (χ4n) is 9.09. The summed E-state index contributed by atoms with van der Waals surface area (Å²) in [6, 6.07) is 10.3. The van der Waals surface area contributed by atoms with Crippen LogP contribution in [0.15, 0.2) is 48.8 Å². The van der Waals surface area contributed by atoms with E-state index < -0.39 is 30.4 Å². The first-order valence-corrected chi connectivity index (χ1v) is 21.3. The van der Waals surface area contributed by atoms with Crippen LogP contribution in [0.4, 0.5) is 9.59 Å². The third-order valence-corrected chi connectivity index (χ3v) is 12.3. The van der Waals surface area contributed by atoms with Gasteiger partial charge in [0, 0.05) is 53.4 Å². The van der Waals surface area contributed by atoms with E-state index >= 15 is 0 Å². The number of hydrogen-bond donors (Lipinski definition) is 5. The van der Waals surface area contributed by atoms with Crippen molar-refractivity contribution in [1.29, 1.82) is 0 Å². The molecule has 5 atom stereocenters. The number of fused-ring (bicyclic) bond motifs is 5. The van der Waals surface area contributed by atoms with Gasteiger partial charge in [-0.15, -0.1) is 0 Å². The van der Waals surface area contributed by atoms with Gasteiger partial charge in [-0.05, 0) is 61.8 Å². The summed E-state index contributed by atoms with van der Waals surface area (Å²) in [4.78, 5) is 75.3. The molecule has 328 valence electrons. The van der Waals surface area contributed by atoms with E-state index in [2.05, 4.69) is 37.7 Å². The number of alkyl carbamates (subject to hydrolysis) is 2. The molecule has 0 saturated carbocycles. The Balaban J connectivity index is 1.04. The summed E-state index contributed by atoms with van der Waals surface area (Å²) >= 11 is 0. The molecule has 6 heterocycles. The minimum atomic E-state index is -0.718. The molecule has 0 aliphatic carbocycles. The van der Waals surface area contributed by atoms with Gasteiger partial charge in [-0.1, -0.05) is 39.8 Å². The first-order chi connectivity index (χ1) is 29.9. The molecule has 3 aliphatic heterocycles. The van der Waals surface area contributed by atoms with E-state index in [4.69, 9.17) is 28.9 Å². The van der Waals surface area contributed by atoms with Crippen molar-refractivity contribution < 1.29 is 38.1 Å². The number of hydrogen-bond acceptors (Lipinski definition) is 10. The number of likely N-dealkylation sites (tertiary alicyclic amines) is 2. The maximum absolute atomic E-state index is 13.7. The Hall–Kier alpha value is -6.36. The van der Waals surface area contributed by atoms with Crippen LogP contribution in [0.3, 0.4) is 0 Å². The standard InChI is InChI=1S/C45H55N9O8/c1-23(2)37(51-44(57)60-6)42(55)53-16-8-10-32(53)40-46-20-30(49-40)25-13-15-29-28(18-25)36-35(22-59-5)62-34-19-26(12-14-27(34)39(36)48-29)31-21-47-41(50-31)33-11-9-17-54(33)43(56)38(24(3)4)52-45(58)61-7/h12-15,18-21,23-24,32-33,35,37-38,48H,8-11,16-17,22H2,1-7H3,(H,46,49)(H,47,50)(H,51,57)(H,52,58)/t32-,33-,35?,37-,38-/m0/s1. The van der Waals surface area contributed by atoms with E-state index in [1.807, 2.05) is 52.0 Å². The predicted octanol–water partition coefficient (Wildman–Crippen LogP) is 6.78. The molecule has 3 aromatic heterocycles. The lowest BCUT2D eigenvalue weighted by molar-refractivity contribution is -0.136. The number of aromatic nitrogens is 5. The summed E-state index contributed by atoms with van der Waals surface area (Å²) in [5, 5.41) is 6.40. The second-order valence-electron chi connectivity index (χ2n) is 16.9. The minimum absolute atomic E-state index is 0.130. The number of benzene rings is 2. The highest BCUT2D eigenvalue weighted by Crippen LogP contribution is 2.47. The van der Waals surface area contributed by atoms with Crippen molar-refractivity contribution in [2.45, 2.75) is 83.6 Å². The van der Waals surface area contributed by atoms with Crippen molar-refractivity contribution in [2.24, 2.45) is 11.8 Å². The molecule has 8 rings (SSSR count). The second-order valence-corrected chi connectivity index (χ2v) is 16.9. The summed E-state index contributed by atoms with van der Waals surface area (Å²) in [6.07, 6.45) is 5.04. The fraction of sp³-hybridized carbons (Fsp3) is 0.467. The minimum Gasteiger partial charge on any atom is -0.482 e. The molecule has 0 radical (unpaired) electrons. The van der Waals surface area contributed by atoms with Crippen LogP contribution in [0.25, 0.3) is 44.7 Å². The van der Waals surface area contributed by atoms with E-state index in [1.165, 1.54) is 14.2 Å². The average Bonchev–Trinajstić information content (AvgIpc) is 4.12. The number of nitrogens with one attached hydrogen (secondary N) is 5. The van der Waals surface area contributed by atoms with Gasteiger partial charge in [0.2, 0.25) is 11.8 Å². The molecule has 3 aliphatic rings. The van der Waals surface area contributed by atoms with Gasteiger partial charge in [-0.2, -0.15) is 0 Å². The molecule has 2 aromatic carbocycles. The molecule has 2 saturated heterocycles. The highest BCUT2D eigenvalue weighted by molar-refractivity contribution is 5.96. The molecular formula is C45H55N9O8. The average molecular weight is 850 g/mol. The van der Waals surface area contributed by atoms with Crippen LogP contribution in [0.5, 0.6) is 5.75 Å². The normalized spacial score (nSPS) is 19.3. The number of amides is 4. The SMILES string of the molecule is COCC1Oc2cc(-c3cnc([C@@H]4CCCN4C(=O)[C@@H](NC(=O)OC)C(C)C)[nH]3)ccc2-c2[nH]c3ccc(-c4cnc([C@@H]5CCCN5C(=O)[C@@H](NC(=O)OC)C(C)C)[nH]4)cc3c21. The lowest BCUT2D eigenvalue weighted by Gasteiger charge is -2.30. The molecule has 0 bridgehead atoms. The van der Waals surface area contributed by atoms with Crippen LogP contribution in [0, 0.1) is 11.8 Å². The van der Waals surface area contributed by atoms with Crippen molar-refractivity contribution >= 4 is 34.9 Å². The van der Waals surface area contributed by atoms with Crippen molar-refractivity contribution in [2.75, 3.05) is 41.0 Å². The van der Waals surface area contributed by atoms with Gasteiger partial charge in [-0.25, -0.2) is 19.6 Å². The number of ether oxygens (including phenoxy) is 4. The van der Waals surface area contributed by atoms with Crippen LogP contribution < -0.4 is 15.4 Å². The molecule has 5 aromatic rings. The first-order valence-electron chi connectivity index (χ1n) is 21.3. The van der Waals surface area contributed by atoms with Crippen molar-refractivity contribution in [3.63, 3.8) is 0 Å². The van der Waals surface area contributed by atoms with E-state index in [1.54, 1.807) is 29.3 Å². The Labute approximate surface area is 359 Å². The highest BCUT2D eigenvalue weighted by Gasteiger charge is 2.39. The van der Waals surface area contributed by atoms with E-state index in [9.17, 15) is 19.2 Å². The number of carbonyl (C=O) groups excluding carboxylic acids is 4. The zero-order chi connectivity index (χ0) is 43.8. The zero-order valence-corrected chi connectivity index (χ0v) is 36.2. The molecule has 17 nitrogen and oxygen atoms in total. The van der Waals surface area contributed by atoms with Crippen LogP contribution in [0.1, 0.15) is 88.8 Å². The number of carbonyl (C=O) groups is 4. The molecule has 5 N–H and O–H groups in total. The smallest absolute Gasteiger partial charge is 0.407 e. The number of H-pyrrole nitrogens is 3. The predicted molar refractivity (Wildman–Crippen MR) is 230 cm³/mol. The van der Waals surface area contributed by atoms with Crippen LogP contribution >= 0.6 is 0 Å².